The third-order valence-corrected chi connectivity index (χ3v) is 6.03. The molecule has 134 valence electrons. The normalized spacial score (nSPS) is 16.5. The summed E-state index contributed by atoms with van der Waals surface area (Å²) in [4.78, 5) is 16.8. The molecule has 1 aromatic carbocycles. The fraction of sp³-hybridized carbons (Fsp3) is 0.500. The lowest BCUT2D eigenvalue weighted by molar-refractivity contribution is -0.121. The number of aliphatic hydroxyl groups excluding tert-OH is 1. The van der Waals surface area contributed by atoms with Gasteiger partial charge >= 0.3 is 0 Å². The Labute approximate surface area is 153 Å². The van der Waals surface area contributed by atoms with Crippen molar-refractivity contribution in [2.24, 2.45) is 5.41 Å². The number of nitrogens with one attached hydrogen (secondary N) is 1. The van der Waals surface area contributed by atoms with Gasteiger partial charge in [-0.05, 0) is 19.3 Å². The number of benzene rings is 1. The molecule has 2 aromatic rings. The van der Waals surface area contributed by atoms with Gasteiger partial charge in [-0.3, -0.25) is 4.79 Å². The average Bonchev–Trinajstić information content (AvgIpc) is 3.15. The molecule has 3 rings (SSSR count). The average molecular weight is 359 g/mol. The Morgan fingerprint density at radius 3 is 2.68 bits per heavy atom. The van der Waals surface area contributed by atoms with E-state index in [0.717, 1.165) is 41.9 Å². The maximum absolute atomic E-state index is 12.2. The Kier molecular flexibility index (Phi) is 6.21. The summed E-state index contributed by atoms with van der Waals surface area (Å²) in [5.74, 6) is 0.0488. The molecule has 0 bridgehead atoms. The predicted molar refractivity (Wildman–Crippen MR) is 101 cm³/mol. The van der Waals surface area contributed by atoms with Crippen molar-refractivity contribution in [3.05, 3.63) is 41.4 Å². The van der Waals surface area contributed by atoms with Crippen molar-refractivity contribution >= 4 is 17.2 Å². The molecule has 4 nitrogen and oxygen atoms in total. The maximum Gasteiger partial charge on any atom is 0.220 e. The molecule has 2 N–H and O–H groups in total. The summed E-state index contributed by atoms with van der Waals surface area (Å²) < 4.78 is 0. The molecule has 0 radical (unpaired) electrons. The van der Waals surface area contributed by atoms with Crippen molar-refractivity contribution in [2.45, 2.75) is 44.9 Å². The minimum absolute atomic E-state index is 0.0488. The number of hydrogen-bond donors (Lipinski definition) is 2. The van der Waals surface area contributed by atoms with Crippen molar-refractivity contribution in [2.75, 3.05) is 13.2 Å². The van der Waals surface area contributed by atoms with Crippen LogP contribution in [0.5, 0.6) is 0 Å². The van der Waals surface area contributed by atoms with Crippen molar-refractivity contribution in [3.63, 3.8) is 0 Å². The standard InChI is InChI=1S/C20H26N2O2S/c23-15-20(11-5-2-6-12-20)14-21-18(24)10-9-17-13-25-19(22-17)16-7-3-1-4-8-16/h1,3-4,7-8,13,23H,2,5-6,9-12,14-15H2,(H,21,24). The van der Waals surface area contributed by atoms with E-state index in [1.807, 2.05) is 35.7 Å². The number of amides is 1. The summed E-state index contributed by atoms with van der Waals surface area (Å²) in [6, 6.07) is 10.1. The number of carbonyl (C=O) groups is 1. The highest BCUT2D eigenvalue weighted by atomic mass is 32.1. The predicted octanol–water partition coefficient (Wildman–Crippen LogP) is 3.80. The van der Waals surface area contributed by atoms with Crippen LogP contribution in [-0.4, -0.2) is 29.1 Å². The molecular weight excluding hydrogens is 332 g/mol. The van der Waals surface area contributed by atoms with E-state index in [1.165, 1.54) is 6.42 Å². The maximum atomic E-state index is 12.2. The van der Waals surface area contributed by atoms with Gasteiger partial charge in [0.05, 0.1) is 12.3 Å². The molecule has 1 aliphatic carbocycles. The first-order valence-electron chi connectivity index (χ1n) is 9.08. The molecule has 1 heterocycles. The second-order valence-corrected chi connectivity index (χ2v) is 7.86. The second kappa shape index (κ2) is 8.59. The highest BCUT2D eigenvalue weighted by molar-refractivity contribution is 7.13. The monoisotopic (exact) mass is 358 g/mol. The van der Waals surface area contributed by atoms with Crippen molar-refractivity contribution in [1.82, 2.24) is 10.3 Å². The highest BCUT2D eigenvalue weighted by Crippen LogP contribution is 2.35. The van der Waals surface area contributed by atoms with E-state index in [9.17, 15) is 9.90 Å². The van der Waals surface area contributed by atoms with Crippen LogP contribution >= 0.6 is 11.3 Å². The highest BCUT2D eigenvalue weighted by Gasteiger charge is 2.31. The molecule has 1 amide bonds. The van der Waals surface area contributed by atoms with Crippen LogP contribution in [-0.2, 0) is 11.2 Å². The molecule has 25 heavy (non-hydrogen) atoms. The topological polar surface area (TPSA) is 62.2 Å². The Hall–Kier alpha value is -1.72. The van der Waals surface area contributed by atoms with E-state index in [2.05, 4.69) is 10.3 Å². The number of thiazole rings is 1. The van der Waals surface area contributed by atoms with Gasteiger partial charge in [0.1, 0.15) is 5.01 Å². The molecule has 5 heteroatoms. The first-order chi connectivity index (χ1) is 12.2. The summed E-state index contributed by atoms with van der Waals surface area (Å²) in [6.45, 7) is 0.758. The van der Waals surface area contributed by atoms with Crippen LogP contribution in [0.15, 0.2) is 35.7 Å². The number of aryl methyl sites for hydroxylation is 1. The Morgan fingerprint density at radius 2 is 1.96 bits per heavy atom. The number of aromatic nitrogens is 1. The van der Waals surface area contributed by atoms with Crippen LogP contribution in [0.4, 0.5) is 0 Å². The third-order valence-electron chi connectivity index (χ3n) is 5.09. The van der Waals surface area contributed by atoms with E-state index in [0.29, 0.717) is 19.4 Å². The SMILES string of the molecule is O=C(CCc1csc(-c2ccccc2)n1)NCC1(CO)CCCCC1. The zero-order valence-corrected chi connectivity index (χ0v) is 15.4. The largest absolute Gasteiger partial charge is 0.396 e. The van der Waals surface area contributed by atoms with Gasteiger partial charge in [0.2, 0.25) is 5.91 Å². The van der Waals surface area contributed by atoms with E-state index >= 15 is 0 Å². The van der Waals surface area contributed by atoms with Crippen LogP contribution in [0.2, 0.25) is 0 Å². The van der Waals surface area contributed by atoms with Gasteiger partial charge in [-0.2, -0.15) is 0 Å². The van der Waals surface area contributed by atoms with E-state index in [1.54, 1.807) is 11.3 Å². The molecule has 1 aliphatic rings. The van der Waals surface area contributed by atoms with Crippen LogP contribution in [0, 0.1) is 5.41 Å². The van der Waals surface area contributed by atoms with Crippen LogP contribution in [0.25, 0.3) is 10.6 Å². The minimum atomic E-state index is -0.102. The lowest BCUT2D eigenvalue weighted by Gasteiger charge is -2.35. The first-order valence-corrected chi connectivity index (χ1v) is 9.96. The Morgan fingerprint density at radius 1 is 1.20 bits per heavy atom. The lowest BCUT2D eigenvalue weighted by Crippen LogP contribution is -2.41. The van der Waals surface area contributed by atoms with E-state index < -0.39 is 0 Å². The summed E-state index contributed by atoms with van der Waals surface area (Å²) in [6.07, 6.45) is 6.66. The first kappa shape index (κ1) is 18.1. The summed E-state index contributed by atoms with van der Waals surface area (Å²) in [5, 5.41) is 15.8. The van der Waals surface area contributed by atoms with Crippen LogP contribution < -0.4 is 5.32 Å². The van der Waals surface area contributed by atoms with Gasteiger partial charge in [0.15, 0.2) is 0 Å². The molecule has 0 saturated heterocycles. The number of aliphatic hydroxyl groups is 1. The molecule has 1 aromatic heterocycles. The summed E-state index contributed by atoms with van der Waals surface area (Å²) in [7, 11) is 0. The molecule has 0 spiro atoms. The van der Waals surface area contributed by atoms with Gasteiger partial charge < -0.3 is 10.4 Å². The molecular formula is C20H26N2O2S. The second-order valence-electron chi connectivity index (χ2n) is 7.01. The van der Waals surface area contributed by atoms with Crippen molar-refractivity contribution in [1.29, 1.82) is 0 Å². The quantitative estimate of drug-likeness (QED) is 0.791. The summed E-state index contributed by atoms with van der Waals surface area (Å²) in [5.41, 5.74) is 1.98. The van der Waals surface area contributed by atoms with Crippen molar-refractivity contribution < 1.29 is 9.90 Å². The van der Waals surface area contributed by atoms with E-state index in [4.69, 9.17) is 0 Å². The zero-order chi connectivity index (χ0) is 17.5. The zero-order valence-electron chi connectivity index (χ0n) is 14.5. The third kappa shape index (κ3) is 4.89. The molecule has 0 atom stereocenters. The van der Waals surface area contributed by atoms with Crippen LogP contribution in [0.1, 0.15) is 44.2 Å². The number of rotatable bonds is 7. The van der Waals surface area contributed by atoms with Crippen LogP contribution in [0.3, 0.4) is 0 Å². The molecule has 0 aliphatic heterocycles. The van der Waals surface area contributed by atoms with Gasteiger partial charge in [-0.1, -0.05) is 49.6 Å². The lowest BCUT2D eigenvalue weighted by atomic mass is 9.74. The summed E-state index contributed by atoms with van der Waals surface area (Å²) >= 11 is 1.62. The van der Waals surface area contributed by atoms with Gasteiger partial charge in [0.25, 0.3) is 0 Å². The Balaban J connectivity index is 1.47. The van der Waals surface area contributed by atoms with Crippen molar-refractivity contribution in [3.8, 4) is 10.6 Å². The van der Waals surface area contributed by atoms with Gasteiger partial charge in [-0.25, -0.2) is 4.98 Å². The van der Waals surface area contributed by atoms with Gasteiger partial charge in [0, 0.05) is 29.3 Å². The smallest absolute Gasteiger partial charge is 0.220 e. The molecule has 1 fully saturated rings. The molecule has 0 unspecified atom stereocenters. The fourth-order valence-corrected chi connectivity index (χ4v) is 4.30. The van der Waals surface area contributed by atoms with Gasteiger partial charge in [-0.15, -0.1) is 11.3 Å². The fourth-order valence-electron chi connectivity index (χ4n) is 3.44. The van der Waals surface area contributed by atoms with E-state index in [-0.39, 0.29) is 17.9 Å². The minimum Gasteiger partial charge on any atom is -0.396 e. The number of carbonyl (C=O) groups excluding carboxylic acids is 1. The Bertz CT molecular complexity index is 678. The molecule has 1 saturated carbocycles. The number of hydrogen-bond acceptors (Lipinski definition) is 4. The number of nitrogens with zero attached hydrogens (tertiary/aromatic N) is 1.